The summed E-state index contributed by atoms with van der Waals surface area (Å²) in [5, 5.41) is 0. The summed E-state index contributed by atoms with van der Waals surface area (Å²) in [5.74, 6) is 0. The highest BCUT2D eigenvalue weighted by atomic mass is 16.5. The van der Waals surface area contributed by atoms with Crippen LogP contribution in [0.5, 0.6) is 0 Å². The molecule has 0 saturated carbocycles. The van der Waals surface area contributed by atoms with Crippen LogP contribution in [0, 0.1) is 0 Å². The normalized spacial score (nSPS) is 27.7. The summed E-state index contributed by atoms with van der Waals surface area (Å²) in [6.07, 6.45) is 0. The van der Waals surface area contributed by atoms with Gasteiger partial charge in [-0.15, -0.1) is 0 Å². The van der Waals surface area contributed by atoms with Crippen LogP contribution in [-0.2, 0) is 9.47 Å². The van der Waals surface area contributed by atoms with Gasteiger partial charge < -0.3 is 15.2 Å². The highest BCUT2D eigenvalue weighted by molar-refractivity contribution is 4.97. The second-order valence-electron chi connectivity index (χ2n) is 6.61. The Labute approximate surface area is 105 Å². The number of nitrogens with two attached hydrogens (primary N) is 1. The standard InChI is InChI=1S/C13H28N2O2/c1-11(2)8-15(9-12(3,4)17-11)13(5,7-14)10-16-6/h7-10,14H2,1-6H3. The summed E-state index contributed by atoms with van der Waals surface area (Å²) >= 11 is 0. The summed E-state index contributed by atoms with van der Waals surface area (Å²) in [6.45, 7) is 13.7. The molecular weight excluding hydrogens is 216 g/mol. The molecule has 0 spiro atoms. The van der Waals surface area contributed by atoms with Crippen molar-refractivity contribution in [3.63, 3.8) is 0 Å². The number of nitrogens with zero attached hydrogens (tertiary/aromatic N) is 1. The number of methoxy groups -OCH3 is 1. The van der Waals surface area contributed by atoms with Crippen molar-refractivity contribution < 1.29 is 9.47 Å². The van der Waals surface area contributed by atoms with E-state index in [0.29, 0.717) is 13.2 Å². The Morgan fingerprint density at radius 3 is 2.06 bits per heavy atom. The number of hydrogen-bond acceptors (Lipinski definition) is 4. The number of rotatable bonds is 4. The third-order valence-electron chi connectivity index (χ3n) is 3.35. The molecule has 1 unspecified atom stereocenters. The molecule has 0 aromatic rings. The third-order valence-corrected chi connectivity index (χ3v) is 3.35. The number of ether oxygens (including phenoxy) is 2. The molecule has 0 amide bonds. The SMILES string of the molecule is COCC(C)(CN)N1CC(C)(C)OC(C)(C)C1. The summed E-state index contributed by atoms with van der Waals surface area (Å²) < 4.78 is 11.4. The summed E-state index contributed by atoms with van der Waals surface area (Å²) in [7, 11) is 1.73. The molecule has 0 aromatic carbocycles. The minimum atomic E-state index is -0.147. The Balaban J connectivity index is 2.89. The molecular formula is C13H28N2O2. The molecule has 1 atom stereocenters. The number of hydrogen-bond donors (Lipinski definition) is 1. The molecule has 1 heterocycles. The van der Waals surface area contributed by atoms with Crippen molar-refractivity contribution >= 4 is 0 Å². The molecule has 2 N–H and O–H groups in total. The molecule has 1 rings (SSSR count). The highest BCUT2D eigenvalue weighted by Crippen LogP contribution is 2.32. The fourth-order valence-electron chi connectivity index (χ4n) is 2.76. The van der Waals surface area contributed by atoms with Gasteiger partial charge in [0.25, 0.3) is 0 Å². The van der Waals surface area contributed by atoms with Crippen LogP contribution in [0.15, 0.2) is 0 Å². The van der Waals surface area contributed by atoms with Gasteiger partial charge in [0.15, 0.2) is 0 Å². The molecule has 4 nitrogen and oxygen atoms in total. The first kappa shape index (κ1) is 14.9. The molecule has 0 aromatic heterocycles. The zero-order valence-electron chi connectivity index (χ0n) is 12.2. The third kappa shape index (κ3) is 3.65. The lowest BCUT2D eigenvalue weighted by Gasteiger charge is -2.53. The van der Waals surface area contributed by atoms with Crippen LogP contribution in [-0.4, -0.2) is 55.0 Å². The zero-order chi connectivity index (χ0) is 13.3. The van der Waals surface area contributed by atoms with Crippen molar-refractivity contribution in [1.29, 1.82) is 0 Å². The lowest BCUT2D eigenvalue weighted by atomic mass is 9.92. The van der Waals surface area contributed by atoms with E-state index in [9.17, 15) is 0 Å². The van der Waals surface area contributed by atoms with Crippen molar-refractivity contribution in [1.82, 2.24) is 4.90 Å². The van der Waals surface area contributed by atoms with E-state index in [1.165, 1.54) is 0 Å². The first-order chi connectivity index (χ1) is 7.64. The highest BCUT2D eigenvalue weighted by Gasteiger charge is 2.44. The monoisotopic (exact) mass is 244 g/mol. The van der Waals surface area contributed by atoms with Crippen LogP contribution in [0.3, 0.4) is 0 Å². The lowest BCUT2D eigenvalue weighted by Crippen LogP contribution is -2.66. The molecule has 0 aliphatic carbocycles. The zero-order valence-corrected chi connectivity index (χ0v) is 12.2. The van der Waals surface area contributed by atoms with Gasteiger partial charge in [0.2, 0.25) is 0 Å². The smallest absolute Gasteiger partial charge is 0.0761 e. The van der Waals surface area contributed by atoms with E-state index in [-0.39, 0.29) is 16.7 Å². The van der Waals surface area contributed by atoms with Crippen LogP contribution >= 0.6 is 0 Å². The van der Waals surface area contributed by atoms with E-state index in [4.69, 9.17) is 15.2 Å². The summed E-state index contributed by atoms with van der Waals surface area (Å²) in [5.41, 5.74) is 5.53. The maximum absolute atomic E-state index is 6.09. The van der Waals surface area contributed by atoms with Crippen molar-refractivity contribution in [2.24, 2.45) is 5.73 Å². The van der Waals surface area contributed by atoms with Gasteiger partial charge >= 0.3 is 0 Å². The fraction of sp³-hybridized carbons (Fsp3) is 1.00. The van der Waals surface area contributed by atoms with Crippen LogP contribution in [0.4, 0.5) is 0 Å². The summed E-state index contributed by atoms with van der Waals surface area (Å²) in [4.78, 5) is 2.40. The van der Waals surface area contributed by atoms with E-state index in [1.807, 2.05) is 0 Å². The quantitative estimate of drug-likeness (QED) is 0.808. The van der Waals surface area contributed by atoms with Gasteiger partial charge in [-0.1, -0.05) is 0 Å². The minimum Gasteiger partial charge on any atom is -0.383 e. The Hall–Kier alpha value is -0.160. The van der Waals surface area contributed by atoms with E-state index < -0.39 is 0 Å². The van der Waals surface area contributed by atoms with Crippen LogP contribution in [0.1, 0.15) is 34.6 Å². The predicted molar refractivity (Wildman–Crippen MR) is 70.2 cm³/mol. The average molecular weight is 244 g/mol. The Bertz CT molecular complexity index is 250. The first-order valence-electron chi connectivity index (χ1n) is 6.28. The molecule has 102 valence electrons. The Morgan fingerprint density at radius 1 is 1.24 bits per heavy atom. The first-order valence-corrected chi connectivity index (χ1v) is 6.28. The minimum absolute atomic E-state index is 0.118. The van der Waals surface area contributed by atoms with E-state index >= 15 is 0 Å². The van der Waals surface area contributed by atoms with E-state index in [0.717, 1.165) is 13.1 Å². The van der Waals surface area contributed by atoms with Crippen LogP contribution in [0.25, 0.3) is 0 Å². The maximum atomic E-state index is 6.09. The van der Waals surface area contributed by atoms with Crippen molar-refractivity contribution in [2.45, 2.75) is 51.4 Å². The molecule has 4 heteroatoms. The molecule has 1 aliphatic heterocycles. The average Bonchev–Trinajstić information content (AvgIpc) is 2.13. The largest absolute Gasteiger partial charge is 0.383 e. The molecule has 17 heavy (non-hydrogen) atoms. The van der Waals surface area contributed by atoms with Gasteiger partial charge in [0, 0.05) is 26.7 Å². The molecule has 1 fully saturated rings. The molecule has 0 radical (unpaired) electrons. The molecule has 0 bridgehead atoms. The van der Waals surface area contributed by atoms with Gasteiger partial charge in [-0.25, -0.2) is 0 Å². The number of morpholine rings is 1. The fourth-order valence-corrected chi connectivity index (χ4v) is 2.76. The second kappa shape index (κ2) is 4.84. The van der Waals surface area contributed by atoms with Crippen LogP contribution in [0.2, 0.25) is 0 Å². The van der Waals surface area contributed by atoms with E-state index in [2.05, 4.69) is 39.5 Å². The van der Waals surface area contributed by atoms with Crippen molar-refractivity contribution in [3.8, 4) is 0 Å². The summed E-state index contributed by atoms with van der Waals surface area (Å²) in [6, 6.07) is 0. The lowest BCUT2D eigenvalue weighted by molar-refractivity contribution is -0.201. The van der Waals surface area contributed by atoms with Crippen LogP contribution < -0.4 is 5.73 Å². The Morgan fingerprint density at radius 2 is 1.71 bits per heavy atom. The molecule has 1 saturated heterocycles. The van der Waals surface area contributed by atoms with Crippen molar-refractivity contribution in [3.05, 3.63) is 0 Å². The second-order valence-corrected chi connectivity index (χ2v) is 6.61. The van der Waals surface area contributed by atoms with Gasteiger partial charge in [0.05, 0.1) is 23.3 Å². The van der Waals surface area contributed by atoms with Gasteiger partial charge in [0.1, 0.15) is 0 Å². The molecule has 1 aliphatic rings. The Kier molecular flexibility index (Phi) is 4.24. The maximum Gasteiger partial charge on any atom is 0.0761 e. The van der Waals surface area contributed by atoms with E-state index in [1.54, 1.807) is 7.11 Å². The topological polar surface area (TPSA) is 47.7 Å². The van der Waals surface area contributed by atoms with Crippen molar-refractivity contribution in [2.75, 3.05) is 33.4 Å². The van der Waals surface area contributed by atoms with Gasteiger partial charge in [-0.05, 0) is 34.6 Å². The van der Waals surface area contributed by atoms with Gasteiger partial charge in [-0.3, -0.25) is 4.90 Å². The predicted octanol–water partition coefficient (Wildman–Crippen LogP) is 1.24. The van der Waals surface area contributed by atoms with Gasteiger partial charge in [-0.2, -0.15) is 0 Å².